The van der Waals surface area contributed by atoms with Gasteiger partial charge in [-0.05, 0) is 49.7 Å². The zero-order valence-corrected chi connectivity index (χ0v) is 15.3. The summed E-state index contributed by atoms with van der Waals surface area (Å²) in [5.74, 6) is 1.50. The molecule has 0 radical (unpaired) electrons. The number of ether oxygens (including phenoxy) is 2. The summed E-state index contributed by atoms with van der Waals surface area (Å²) in [6.07, 6.45) is 1.91. The Hall–Kier alpha value is -2.95. The molecule has 0 fully saturated rings. The molecule has 0 aliphatic heterocycles. The third-order valence-electron chi connectivity index (χ3n) is 4.55. The van der Waals surface area contributed by atoms with E-state index in [9.17, 15) is 4.79 Å². The molecule has 3 aromatic rings. The number of aromatic nitrogens is 1. The van der Waals surface area contributed by atoms with Crippen LogP contribution in [0.1, 0.15) is 19.4 Å². The van der Waals surface area contributed by atoms with Crippen molar-refractivity contribution in [1.82, 2.24) is 10.3 Å². The molecule has 0 saturated carbocycles. The maximum atomic E-state index is 12.7. The molecule has 2 aromatic carbocycles. The van der Waals surface area contributed by atoms with Crippen LogP contribution < -0.4 is 14.8 Å². The van der Waals surface area contributed by atoms with Gasteiger partial charge in [0.2, 0.25) is 5.91 Å². The molecule has 1 aromatic heterocycles. The van der Waals surface area contributed by atoms with Crippen LogP contribution in [-0.4, -0.2) is 31.2 Å². The van der Waals surface area contributed by atoms with Crippen LogP contribution in [0, 0.1) is 0 Å². The summed E-state index contributed by atoms with van der Waals surface area (Å²) >= 11 is 0. The fourth-order valence-corrected chi connectivity index (χ4v) is 2.94. The number of rotatable bonds is 7. The maximum absolute atomic E-state index is 12.7. The Morgan fingerprint density at radius 2 is 1.77 bits per heavy atom. The van der Waals surface area contributed by atoms with E-state index in [-0.39, 0.29) is 5.91 Å². The van der Waals surface area contributed by atoms with Crippen LogP contribution in [0.4, 0.5) is 0 Å². The highest BCUT2D eigenvalue weighted by molar-refractivity contribution is 5.94. The van der Waals surface area contributed by atoms with Crippen molar-refractivity contribution in [1.29, 1.82) is 0 Å². The van der Waals surface area contributed by atoms with E-state index in [1.54, 1.807) is 7.11 Å². The maximum Gasteiger partial charge on any atom is 0.230 e. The number of carbonyl (C=O) groups excluding carboxylic acids is 1. The summed E-state index contributed by atoms with van der Waals surface area (Å²) in [5.41, 5.74) is 1.38. The van der Waals surface area contributed by atoms with E-state index < -0.39 is 5.41 Å². The highest BCUT2D eigenvalue weighted by atomic mass is 16.5. The number of benzene rings is 2. The van der Waals surface area contributed by atoms with Gasteiger partial charge in [0.25, 0.3) is 0 Å². The van der Waals surface area contributed by atoms with Crippen LogP contribution in [0.3, 0.4) is 0 Å². The van der Waals surface area contributed by atoms with Crippen LogP contribution in [0.15, 0.2) is 54.7 Å². The monoisotopic (exact) mass is 352 g/mol. The first-order chi connectivity index (χ1) is 12.5. The summed E-state index contributed by atoms with van der Waals surface area (Å²) in [4.78, 5) is 15.9. The molecule has 1 heterocycles. The van der Waals surface area contributed by atoms with Gasteiger partial charge in [0.05, 0.1) is 19.1 Å². The van der Waals surface area contributed by atoms with E-state index in [0.717, 1.165) is 28.0 Å². The second-order valence-electron chi connectivity index (χ2n) is 6.65. The van der Waals surface area contributed by atoms with Crippen LogP contribution in [0.25, 0.3) is 10.9 Å². The van der Waals surface area contributed by atoms with E-state index >= 15 is 0 Å². The van der Waals surface area contributed by atoms with E-state index in [1.165, 1.54) is 0 Å². The smallest absolute Gasteiger partial charge is 0.230 e. The van der Waals surface area contributed by atoms with Crippen molar-refractivity contribution in [3.05, 3.63) is 60.3 Å². The average Bonchev–Trinajstić information content (AvgIpc) is 3.10. The zero-order chi connectivity index (χ0) is 18.6. The molecule has 0 atom stereocenters. The first-order valence-corrected chi connectivity index (χ1v) is 8.64. The molecule has 0 saturated heterocycles. The number of methoxy groups -OCH3 is 1. The number of amides is 1. The minimum absolute atomic E-state index is 0.0272. The van der Waals surface area contributed by atoms with Gasteiger partial charge in [-0.15, -0.1) is 0 Å². The summed E-state index contributed by atoms with van der Waals surface area (Å²) in [6, 6.07) is 15.4. The normalized spacial score (nSPS) is 11.3. The molecular weight excluding hydrogens is 328 g/mol. The third-order valence-corrected chi connectivity index (χ3v) is 4.55. The lowest BCUT2D eigenvalue weighted by atomic mass is 9.83. The van der Waals surface area contributed by atoms with Gasteiger partial charge in [0.1, 0.15) is 18.1 Å². The van der Waals surface area contributed by atoms with Crippen LogP contribution in [0.5, 0.6) is 11.5 Å². The van der Waals surface area contributed by atoms with E-state index in [2.05, 4.69) is 10.3 Å². The second kappa shape index (κ2) is 7.52. The van der Waals surface area contributed by atoms with Gasteiger partial charge in [0, 0.05) is 17.1 Å². The number of fused-ring (bicyclic) bond motifs is 1. The Morgan fingerprint density at radius 3 is 2.50 bits per heavy atom. The van der Waals surface area contributed by atoms with Gasteiger partial charge in [-0.1, -0.05) is 18.2 Å². The van der Waals surface area contributed by atoms with Gasteiger partial charge >= 0.3 is 0 Å². The highest BCUT2D eigenvalue weighted by Gasteiger charge is 2.31. The molecule has 0 spiro atoms. The largest absolute Gasteiger partial charge is 0.497 e. The summed E-state index contributed by atoms with van der Waals surface area (Å²) in [7, 11) is 1.63. The Bertz CT molecular complexity index is 882. The molecule has 26 heavy (non-hydrogen) atoms. The molecule has 0 bridgehead atoms. The molecule has 5 heteroatoms. The molecule has 1 amide bonds. The summed E-state index contributed by atoms with van der Waals surface area (Å²) in [6.45, 7) is 4.71. The molecule has 136 valence electrons. The number of H-pyrrole nitrogens is 1. The summed E-state index contributed by atoms with van der Waals surface area (Å²) in [5, 5.41) is 4.04. The lowest BCUT2D eigenvalue weighted by Gasteiger charge is -2.23. The first kappa shape index (κ1) is 17.9. The Labute approximate surface area is 153 Å². The molecule has 0 aliphatic carbocycles. The van der Waals surface area contributed by atoms with E-state index in [0.29, 0.717) is 13.2 Å². The Balaban J connectivity index is 1.56. The summed E-state index contributed by atoms with van der Waals surface area (Å²) < 4.78 is 10.8. The SMILES string of the molecule is COc1ccc(OCCNC(=O)C(C)(C)c2c[nH]c3ccccc23)cc1. The van der Waals surface area contributed by atoms with Crippen LogP contribution in [0.2, 0.25) is 0 Å². The number of hydrogen-bond donors (Lipinski definition) is 2. The Kier molecular flexibility index (Phi) is 5.16. The van der Waals surface area contributed by atoms with Gasteiger partial charge in [-0.2, -0.15) is 0 Å². The second-order valence-corrected chi connectivity index (χ2v) is 6.65. The first-order valence-electron chi connectivity index (χ1n) is 8.64. The van der Waals surface area contributed by atoms with Crippen molar-refractivity contribution in [3.8, 4) is 11.5 Å². The molecule has 0 aliphatic rings. The standard InChI is InChI=1S/C21H24N2O3/c1-21(2,18-14-23-19-7-5-4-6-17(18)19)20(24)22-12-13-26-16-10-8-15(25-3)9-11-16/h4-11,14,23H,12-13H2,1-3H3,(H,22,24). The topological polar surface area (TPSA) is 63.4 Å². The number of para-hydroxylation sites is 1. The predicted molar refractivity (Wildman–Crippen MR) is 103 cm³/mol. The number of hydrogen-bond acceptors (Lipinski definition) is 3. The Morgan fingerprint density at radius 1 is 1.08 bits per heavy atom. The van der Waals surface area contributed by atoms with Crippen molar-refractivity contribution < 1.29 is 14.3 Å². The molecule has 5 nitrogen and oxygen atoms in total. The predicted octanol–water partition coefficient (Wildman–Crippen LogP) is 3.65. The van der Waals surface area contributed by atoms with Crippen molar-refractivity contribution >= 4 is 16.8 Å². The lowest BCUT2D eigenvalue weighted by molar-refractivity contribution is -0.125. The van der Waals surface area contributed by atoms with E-state index in [4.69, 9.17) is 9.47 Å². The average molecular weight is 352 g/mol. The third kappa shape index (κ3) is 3.67. The van der Waals surface area contributed by atoms with Gasteiger partial charge < -0.3 is 19.8 Å². The molecular formula is C21H24N2O3. The van der Waals surface area contributed by atoms with Crippen molar-refractivity contribution in [2.45, 2.75) is 19.3 Å². The van der Waals surface area contributed by atoms with Crippen molar-refractivity contribution in [2.24, 2.45) is 0 Å². The fourth-order valence-electron chi connectivity index (χ4n) is 2.94. The van der Waals surface area contributed by atoms with Crippen molar-refractivity contribution in [2.75, 3.05) is 20.3 Å². The van der Waals surface area contributed by atoms with E-state index in [1.807, 2.05) is 68.6 Å². The molecule has 2 N–H and O–H groups in total. The van der Waals surface area contributed by atoms with Gasteiger partial charge in [-0.25, -0.2) is 0 Å². The molecule has 0 unspecified atom stereocenters. The number of nitrogens with one attached hydrogen (secondary N) is 2. The minimum atomic E-state index is -0.639. The number of carbonyl (C=O) groups is 1. The number of aromatic amines is 1. The fraction of sp³-hybridized carbons (Fsp3) is 0.286. The quantitative estimate of drug-likeness (QED) is 0.638. The molecule has 3 rings (SSSR count). The van der Waals surface area contributed by atoms with Crippen molar-refractivity contribution in [3.63, 3.8) is 0 Å². The lowest BCUT2D eigenvalue weighted by Crippen LogP contribution is -2.41. The van der Waals surface area contributed by atoms with Gasteiger partial charge in [-0.3, -0.25) is 4.79 Å². The van der Waals surface area contributed by atoms with Gasteiger partial charge in [0.15, 0.2) is 0 Å². The van der Waals surface area contributed by atoms with Crippen LogP contribution >= 0.6 is 0 Å². The minimum Gasteiger partial charge on any atom is -0.497 e. The highest BCUT2D eigenvalue weighted by Crippen LogP contribution is 2.30. The van der Waals surface area contributed by atoms with Crippen LogP contribution in [-0.2, 0) is 10.2 Å². The zero-order valence-electron chi connectivity index (χ0n) is 15.3.